The molecule has 0 fully saturated rings. The summed E-state index contributed by atoms with van der Waals surface area (Å²) in [4.78, 5) is 0. The van der Waals surface area contributed by atoms with Gasteiger partial charge in [-0.25, -0.2) is 0 Å². The van der Waals surface area contributed by atoms with Gasteiger partial charge >= 0.3 is 37.9 Å². The Labute approximate surface area is 158 Å². The summed E-state index contributed by atoms with van der Waals surface area (Å²) < 4.78 is 0. The van der Waals surface area contributed by atoms with E-state index in [1.807, 2.05) is 0 Å². The van der Waals surface area contributed by atoms with Crippen LogP contribution in [0.25, 0.3) is 17.2 Å². The van der Waals surface area contributed by atoms with E-state index in [2.05, 4.69) is 68.0 Å². The molecule has 1 aliphatic carbocycles. The Morgan fingerprint density at radius 2 is 1.65 bits per heavy atom. The SMILES string of the molecule is CCCCCC1=Cc2c(cccc2-c2ccccc2)[CH]1.[Cl][Zr][Cl]. The van der Waals surface area contributed by atoms with E-state index in [0.29, 0.717) is 0 Å². The van der Waals surface area contributed by atoms with Crippen LogP contribution >= 0.6 is 17.0 Å². The van der Waals surface area contributed by atoms with Gasteiger partial charge in [0, 0.05) is 6.42 Å². The first-order chi connectivity index (χ1) is 11.3. The Morgan fingerprint density at radius 1 is 0.913 bits per heavy atom. The molecule has 0 saturated carbocycles. The van der Waals surface area contributed by atoms with Crippen LogP contribution in [0, 0.1) is 6.42 Å². The van der Waals surface area contributed by atoms with Crippen LogP contribution in [0.4, 0.5) is 0 Å². The molecule has 0 aliphatic heterocycles. The Bertz CT molecular complexity index is 635. The van der Waals surface area contributed by atoms with E-state index < -0.39 is 20.8 Å². The molecular weight excluding hydrogens is 402 g/mol. The topological polar surface area (TPSA) is 0 Å². The molecule has 0 saturated heterocycles. The van der Waals surface area contributed by atoms with Crippen LogP contribution in [-0.4, -0.2) is 0 Å². The van der Waals surface area contributed by atoms with Gasteiger partial charge in [-0.3, -0.25) is 0 Å². The number of benzene rings is 2. The molecule has 0 unspecified atom stereocenters. The second-order valence-corrected chi connectivity index (χ2v) is 9.30. The number of allylic oxidation sites excluding steroid dienone is 1. The summed E-state index contributed by atoms with van der Waals surface area (Å²) in [6.45, 7) is 2.26. The molecule has 0 nitrogen and oxygen atoms in total. The molecule has 0 heterocycles. The Kier molecular flexibility index (Phi) is 8.66. The van der Waals surface area contributed by atoms with E-state index in [1.165, 1.54) is 53.5 Å². The van der Waals surface area contributed by atoms with E-state index in [0.717, 1.165) is 0 Å². The van der Waals surface area contributed by atoms with E-state index in [4.69, 9.17) is 17.0 Å². The first-order valence-electron chi connectivity index (χ1n) is 8.00. The maximum atomic E-state index is 4.93. The molecule has 0 spiro atoms. The first kappa shape index (κ1) is 19.0. The van der Waals surface area contributed by atoms with Crippen molar-refractivity contribution in [3.63, 3.8) is 0 Å². The third-order valence-corrected chi connectivity index (χ3v) is 3.96. The van der Waals surface area contributed by atoms with Crippen LogP contribution in [0.5, 0.6) is 0 Å². The fourth-order valence-electron chi connectivity index (χ4n) is 2.89. The molecule has 0 bridgehead atoms. The van der Waals surface area contributed by atoms with Crippen molar-refractivity contribution in [3.8, 4) is 11.1 Å². The molecule has 1 aliphatic rings. The van der Waals surface area contributed by atoms with E-state index >= 15 is 0 Å². The van der Waals surface area contributed by atoms with Crippen LogP contribution in [0.2, 0.25) is 0 Å². The Morgan fingerprint density at radius 3 is 2.35 bits per heavy atom. The fourth-order valence-corrected chi connectivity index (χ4v) is 2.89. The molecule has 0 atom stereocenters. The first-order valence-corrected chi connectivity index (χ1v) is 14.3. The van der Waals surface area contributed by atoms with Crippen molar-refractivity contribution in [2.24, 2.45) is 0 Å². The molecule has 1 radical (unpaired) electrons. The zero-order valence-corrected chi connectivity index (χ0v) is 17.3. The summed E-state index contributed by atoms with van der Waals surface area (Å²) in [5, 5.41) is 0. The molecule has 0 aromatic heterocycles. The van der Waals surface area contributed by atoms with Crippen molar-refractivity contribution >= 4 is 23.1 Å². The predicted octanol–water partition coefficient (Wildman–Crippen LogP) is 7.26. The summed E-state index contributed by atoms with van der Waals surface area (Å²) in [5.74, 6) is 0. The Balaban J connectivity index is 0.000000595. The molecule has 3 rings (SSSR count). The number of unbranched alkanes of at least 4 members (excludes halogenated alkanes) is 2. The van der Waals surface area contributed by atoms with Crippen molar-refractivity contribution in [1.29, 1.82) is 0 Å². The van der Waals surface area contributed by atoms with Crippen LogP contribution in [-0.2, 0) is 20.8 Å². The molecule has 0 amide bonds. The standard InChI is InChI=1S/C20H21.2ClH.Zr/c1-2-3-5-9-16-14-18-12-8-13-19(20(18)15-16)17-10-6-4-7-11-17;;;/h4,6-8,10-15H,2-3,5,9H2,1H3;2*1H;/q;;;+2/p-2. The Hall–Kier alpha value is -0.357. The summed E-state index contributed by atoms with van der Waals surface area (Å²) in [7, 11) is 9.87. The van der Waals surface area contributed by atoms with Gasteiger partial charge in [0.15, 0.2) is 0 Å². The van der Waals surface area contributed by atoms with Gasteiger partial charge in [0.05, 0.1) is 0 Å². The van der Waals surface area contributed by atoms with Crippen LogP contribution in [0.15, 0.2) is 54.1 Å². The summed E-state index contributed by atoms with van der Waals surface area (Å²) >= 11 is -0.826. The van der Waals surface area contributed by atoms with Gasteiger partial charge in [0.1, 0.15) is 0 Å². The summed E-state index contributed by atoms with van der Waals surface area (Å²) in [5.41, 5.74) is 6.91. The van der Waals surface area contributed by atoms with E-state index in [9.17, 15) is 0 Å². The van der Waals surface area contributed by atoms with Crippen molar-refractivity contribution in [2.75, 3.05) is 0 Å². The van der Waals surface area contributed by atoms with Gasteiger partial charge in [-0.05, 0) is 35.1 Å². The molecule has 0 N–H and O–H groups in total. The average Bonchev–Trinajstić information content (AvgIpc) is 2.99. The zero-order chi connectivity index (χ0) is 16.5. The van der Waals surface area contributed by atoms with Crippen molar-refractivity contribution in [1.82, 2.24) is 0 Å². The third kappa shape index (κ3) is 5.59. The van der Waals surface area contributed by atoms with Gasteiger partial charge in [-0.1, -0.05) is 79.9 Å². The number of rotatable bonds is 5. The molecule has 3 heteroatoms. The second-order valence-electron chi connectivity index (χ2n) is 5.57. The molecule has 2 aromatic rings. The van der Waals surface area contributed by atoms with Gasteiger partial charge < -0.3 is 0 Å². The van der Waals surface area contributed by atoms with Gasteiger partial charge in [0.2, 0.25) is 0 Å². The van der Waals surface area contributed by atoms with Gasteiger partial charge in [0.25, 0.3) is 0 Å². The minimum atomic E-state index is -0.826. The maximum absolute atomic E-state index is 4.93. The van der Waals surface area contributed by atoms with E-state index in [-0.39, 0.29) is 0 Å². The van der Waals surface area contributed by atoms with Crippen molar-refractivity contribution in [2.45, 2.75) is 32.6 Å². The quantitative estimate of drug-likeness (QED) is 0.444. The van der Waals surface area contributed by atoms with Gasteiger partial charge in [-0.2, -0.15) is 0 Å². The van der Waals surface area contributed by atoms with Crippen LogP contribution in [0.1, 0.15) is 43.7 Å². The normalized spacial score (nSPS) is 12.0. The average molecular weight is 424 g/mol. The minimum absolute atomic E-state index is 0.826. The van der Waals surface area contributed by atoms with Crippen molar-refractivity contribution < 1.29 is 20.8 Å². The molecular formula is C20H21Cl2Zr. The number of hydrogen-bond acceptors (Lipinski definition) is 0. The number of halogens is 2. The third-order valence-electron chi connectivity index (χ3n) is 3.96. The molecule has 2 aromatic carbocycles. The number of fused-ring (bicyclic) bond motifs is 1. The fraction of sp³-hybridized carbons (Fsp3) is 0.250. The van der Waals surface area contributed by atoms with Gasteiger partial charge in [-0.15, -0.1) is 0 Å². The summed E-state index contributed by atoms with van der Waals surface area (Å²) in [6.07, 6.45) is 9.86. The predicted molar refractivity (Wildman–Crippen MR) is 99.1 cm³/mol. The zero-order valence-electron chi connectivity index (χ0n) is 13.4. The molecule has 23 heavy (non-hydrogen) atoms. The second kappa shape index (κ2) is 10.5. The van der Waals surface area contributed by atoms with Crippen LogP contribution < -0.4 is 0 Å². The summed E-state index contributed by atoms with van der Waals surface area (Å²) in [6, 6.07) is 17.3. The molecule has 119 valence electrons. The van der Waals surface area contributed by atoms with E-state index in [1.54, 1.807) is 0 Å². The monoisotopic (exact) mass is 421 g/mol. The van der Waals surface area contributed by atoms with Crippen molar-refractivity contribution in [3.05, 3.63) is 71.7 Å². The number of hydrogen-bond donors (Lipinski definition) is 0. The van der Waals surface area contributed by atoms with Crippen LogP contribution in [0.3, 0.4) is 0 Å².